The van der Waals surface area contributed by atoms with Crippen molar-refractivity contribution in [2.75, 3.05) is 0 Å². The molecule has 0 spiro atoms. The number of aromatic nitrogens is 4. The van der Waals surface area contributed by atoms with Gasteiger partial charge in [-0.05, 0) is 68.9 Å². The molecule has 1 aromatic carbocycles. The van der Waals surface area contributed by atoms with E-state index in [9.17, 15) is 4.79 Å². The highest BCUT2D eigenvalue weighted by molar-refractivity contribution is 7.98. The largest absolute Gasteiger partial charge is 0.307 e. The molecule has 166 valence electrons. The summed E-state index contributed by atoms with van der Waals surface area (Å²) in [7, 11) is 0. The molecule has 5 nitrogen and oxygen atoms in total. The summed E-state index contributed by atoms with van der Waals surface area (Å²) in [4.78, 5) is 26.0. The number of imidazole rings is 1. The predicted octanol–water partition coefficient (Wildman–Crippen LogP) is 5.88. The maximum absolute atomic E-state index is 14.0. The lowest BCUT2D eigenvalue weighted by atomic mass is 9.97. The Morgan fingerprint density at radius 1 is 1.09 bits per heavy atom. The molecule has 0 radical (unpaired) electrons. The van der Waals surface area contributed by atoms with Crippen LogP contribution in [-0.2, 0) is 18.6 Å². The number of benzene rings is 1. The van der Waals surface area contributed by atoms with Gasteiger partial charge in [0.25, 0.3) is 5.56 Å². The van der Waals surface area contributed by atoms with Crippen molar-refractivity contribution in [2.45, 2.75) is 50.4 Å². The summed E-state index contributed by atoms with van der Waals surface area (Å²) in [6, 6.07) is 12.2. The maximum Gasteiger partial charge on any atom is 0.267 e. The van der Waals surface area contributed by atoms with Crippen molar-refractivity contribution in [1.82, 2.24) is 18.9 Å². The van der Waals surface area contributed by atoms with Crippen molar-refractivity contribution in [3.8, 4) is 5.69 Å². The second kappa shape index (κ2) is 8.15. The van der Waals surface area contributed by atoms with Gasteiger partial charge in [0.05, 0.1) is 16.8 Å². The highest BCUT2D eigenvalue weighted by atomic mass is 32.2. The maximum atomic E-state index is 14.0. The Kier molecular flexibility index (Phi) is 5.11. The lowest BCUT2D eigenvalue weighted by Crippen LogP contribution is -2.23. The van der Waals surface area contributed by atoms with Crippen LogP contribution < -0.4 is 5.56 Å². The molecule has 5 aromatic rings. The molecule has 0 aliphatic heterocycles. The lowest BCUT2D eigenvalue weighted by Gasteiger charge is -2.15. The van der Waals surface area contributed by atoms with E-state index in [1.165, 1.54) is 22.4 Å². The third kappa shape index (κ3) is 3.60. The van der Waals surface area contributed by atoms with Crippen molar-refractivity contribution >= 4 is 39.0 Å². The van der Waals surface area contributed by atoms with Crippen LogP contribution in [0.1, 0.15) is 40.1 Å². The van der Waals surface area contributed by atoms with E-state index in [2.05, 4.69) is 26.0 Å². The normalized spacial score (nSPS) is 13.6. The number of rotatable bonds is 4. The minimum Gasteiger partial charge on any atom is -0.307 e. The first-order valence-electron chi connectivity index (χ1n) is 11.3. The molecule has 0 amide bonds. The molecule has 4 heterocycles. The average molecular weight is 473 g/mol. The van der Waals surface area contributed by atoms with Crippen molar-refractivity contribution in [3.05, 3.63) is 86.4 Å². The molecule has 0 bridgehead atoms. The number of pyridine rings is 1. The van der Waals surface area contributed by atoms with Gasteiger partial charge in [0.2, 0.25) is 0 Å². The number of nitrogens with zero attached hydrogens (tertiary/aromatic N) is 4. The second-order valence-corrected chi connectivity index (χ2v) is 10.7. The Hall–Kier alpha value is -2.90. The zero-order valence-electron chi connectivity index (χ0n) is 18.7. The van der Waals surface area contributed by atoms with E-state index in [1.54, 1.807) is 23.1 Å². The first-order chi connectivity index (χ1) is 16.1. The SMILES string of the molecule is Cc1ccc(-n2c(SCc3cn4ccccc4n3)nc3sc4c(c3c2=O)CCCC4)c(C)c1. The first-order valence-corrected chi connectivity index (χ1v) is 13.1. The summed E-state index contributed by atoms with van der Waals surface area (Å²) in [5, 5.41) is 1.56. The van der Waals surface area contributed by atoms with E-state index in [1.807, 2.05) is 45.6 Å². The Morgan fingerprint density at radius 2 is 1.97 bits per heavy atom. The summed E-state index contributed by atoms with van der Waals surface area (Å²) in [5.74, 6) is 0.648. The number of hydrogen-bond donors (Lipinski definition) is 0. The van der Waals surface area contributed by atoms with Crippen LogP contribution in [0.4, 0.5) is 0 Å². The van der Waals surface area contributed by atoms with Crippen molar-refractivity contribution in [2.24, 2.45) is 0 Å². The summed E-state index contributed by atoms with van der Waals surface area (Å²) < 4.78 is 3.86. The lowest BCUT2D eigenvalue weighted by molar-refractivity contribution is 0.699. The minimum absolute atomic E-state index is 0.0591. The first kappa shape index (κ1) is 20.7. The minimum atomic E-state index is 0.0591. The van der Waals surface area contributed by atoms with Gasteiger partial charge in [-0.3, -0.25) is 9.36 Å². The number of fused-ring (bicyclic) bond motifs is 4. The molecule has 7 heteroatoms. The van der Waals surface area contributed by atoms with Gasteiger partial charge in [-0.2, -0.15) is 0 Å². The van der Waals surface area contributed by atoms with Crippen LogP contribution in [0.3, 0.4) is 0 Å². The van der Waals surface area contributed by atoms with E-state index in [-0.39, 0.29) is 5.56 Å². The standard InChI is InChI=1S/C26H24N4OS2/c1-16-10-11-20(17(2)13-16)30-25(31)23-19-7-3-4-8-21(19)33-24(23)28-26(30)32-15-18-14-29-12-6-5-9-22(29)27-18/h5-6,9-14H,3-4,7-8,15H2,1-2H3. The van der Waals surface area contributed by atoms with E-state index >= 15 is 0 Å². The Bertz CT molecular complexity index is 1540. The predicted molar refractivity (Wildman–Crippen MR) is 136 cm³/mol. The fourth-order valence-electron chi connectivity index (χ4n) is 4.75. The van der Waals surface area contributed by atoms with Crippen LogP contribution in [-0.4, -0.2) is 18.9 Å². The van der Waals surface area contributed by atoms with E-state index in [4.69, 9.17) is 9.97 Å². The van der Waals surface area contributed by atoms with Crippen LogP contribution in [0.15, 0.2) is 58.7 Å². The molecular formula is C26H24N4OS2. The average Bonchev–Trinajstić information content (AvgIpc) is 3.39. The van der Waals surface area contributed by atoms with Crippen LogP contribution in [0.5, 0.6) is 0 Å². The topological polar surface area (TPSA) is 52.2 Å². The molecule has 4 aromatic heterocycles. The van der Waals surface area contributed by atoms with E-state index < -0.39 is 0 Å². The molecule has 0 saturated heterocycles. The van der Waals surface area contributed by atoms with Gasteiger partial charge < -0.3 is 4.40 Å². The Labute approximate surface area is 200 Å². The number of aryl methyl sites for hydroxylation is 4. The van der Waals surface area contributed by atoms with Crippen LogP contribution in [0.2, 0.25) is 0 Å². The van der Waals surface area contributed by atoms with Gasteiger partial charge in [0, 0.05) is 23.0 Å². The molecule has 1 aliphatic carbocycles. The van der Waals surface area contributed by atoms with Gasteiger partial charge in [-0.25, -0.2) is 9.97 Å². The highest BCUT2D eigenvalue weighted by Gasteiger charge is 2.23. The molecule has 0 N–H and O–H groups in total. The molecule has 0 unspecified atom stereocenters. The quantitative estimate of drug-likeness (QED) is 0.242. The van der Waals surface area contributed by atoms with E-state index in [0.717, 1.165) is 57.2 Å². The number of hydrogen-bond acceptors (Lipinski definition) is 5. The molecule has 1 aliphatic rings. The highest BCUT2D eigenvalue weighted by Crippen LogP contribution is 2.36. The third-order valence-corrected chi connectivity index (χ3v) is 8.47. The third-order valence-electron chi connectivity index (χ3n) is 6.31. The number of thioether (sulfide) groups is 1. The molecular weight excluding hydrogens is 448 g/mol. The second-order valence-electron chi connectivity index (χ2n) is 8.70. The molecule has 0 saturated carbocycles. The fourth-order valence-corrected chi connectivity index (χ4v) is 6.94. The Morgan fingerprint density at radius 3 is 2.82 bits per heavy atom. The van der Waals surface area contributed by atoms with Crippen molar-refractivity contribution in [3.63, 3.8) is 0 Å². The summed E-state index contributed by atoms with van der Waals surface area (Å²) in [6.07, 6.45) is 8.43. The van der Waals surface area contributed by atoms with Crippen molar-refractivity contribution < 1.29 is 0 Å². The van der Waals surface area contributed by atoms with E-state index in [0.29, 0.717) is 5.75 Å². The van der Waals surface area contributed by atoms with Crippen LogP contribution in [0, 0.1) is 13.8 Å². The summed E-state index contributed by atoms with van der Waals surface area (Å²) in [6.45, 7) is 4.15. The van der Waals surface area contributed by atoms with Gasteiger partial charge in [0.1, 0.15) is 10.5 Å². The van der Waals surface area contributed by atoms with Gasteiger partial charge in [-0.1, -0.05) is 35.5 Å². The monoisotopic (exact) mass is 472 g/mol. The smallest absolute Gasteiger partial charge is 0.267 e. The fraction of sp³-hybridized carbons (Fsp3) is 0.269. The van der Waals surface area contributed by atoms with Crippen molar-refractivity contribution in [1.29, 1.82) is 0 Å². The van der Waals surface area contributed by atoms with Gasteiger partial charge in [-0.15, -0.1) is 11.3 Å². The molecule has 0 fully saturated rings. The molecule has 0 atom stereocenters. The Balaban J connectivity index is 1.50. The zero-order chi connectivity index (χ0) is 22.5. The molecule has 6 rings (SSSR count). The zero-order valence-corrected chi connectivity index (χ0v) is 20.3. The molecule has 33 heavy (non-hydrogen) atoms. The van der Waals surface area contributed by atoms with Crippen LogP contribution >= 0.6 is 23.1 Å². The summed E-state index contributed by atoms with van der Waals surface area (Å²) in [5.41, 5.74) is 6.36. The number of thiophene rings is 1. The van der Waals surface area contributed by atoms with Gasteiger partial charge >= 0.3 is 0 Å². The van der Waals surface area contributed by atoms with Crippen LogP contribution in [0.25, 0.3) is 21.6 Å². The van der Waals surface area contributed by atoms with Gasteiger partial charge in [0.15, 0.2) is 5.16 Å². The summed E-state index contributed by atoms with van der Waals surface area (Å²) >= 11 is 3.29.